The second-order valence-electron chi connectivity index (χ2n) is 5.74. The number of piperidine rings is 1. The zero-order valence-corrected chi connectivity index (χ0v) is 12.9. The summed E-state index contributed by atoms with van der Waals surface area (Å²) in [7, 11) is 0. The van der Waals surface area contributed by atoms with Gasteiger partial charge in [0.25, 0.3) is 0 Å². The van der Waals surface area contributed by atoms with E-state index in [1.165, 1.54) is 4.90 Å². The number of carbonyl (C=O) groups excluding carboxylic acids is 1. The van der Waals surface area contributed by atoms with Gasteiger partial charge in [-0.3, -0.25) is 4.79 Å². The summed E-state index contributed by atoms with van der Waals surface area (Å²) in [5, 5.41) is 0. The molecular formula is C16H27N2O2+. The van der Waals surface area contributed by atoms with Gasteiger partial charge >= 0.3 is 0 Å². The molecule has 1 N–H and O–H groups in total. The van der Waals surface area contributed by atoms with E-state index in [1.54, 1.807) is 0 Å². The molecule has 2 heterocycles. The van der Waals surface area contributed by atoms with Gasteiger partial charge in [0.05, 0.1) is 19.0 Å². The number of likely N-dealkylation sites (tertiary alicyclic amines) is 1. The van der Waals surface area contributed by atoms with Crippen LogP contribution < -0.4 is 4.90 Å². The van der Waals surface area contributed by atoms with Gasteiger partial charge in [0.15, 0.2) is 5.76 Å². The Kier molecular flexibility index (Phi) is 5.24. The van der Waals surface area contributed by atoms with Gasteiger partial charge in [-0.15, -0.1) is 0 Å². The minimum absolute atomic E-state index is 0.190. The van der Waals surface area contributed by atoms with E-state index in [0.29, 0.717) is 5.91 Å². The van der Waals surface area contributed by atoms with Crippen molar-refractivity contribution in [1.29, 1.82) is 0 Å². The summed E-state index contributed by atoms with van der Waals surface area (Å²) in [6, 6.07) is 4.06. The number of carbonyl (C=O) groups is 1. The fourth-order valence-electron chi connectivity index (χ4n) is 3.14. The topological polar surface area (TPSA) is 37.9 Å². The number of aryl methyl sites for hydroxylation is 1. The van der Waals surface area contributed by atoms with E-state index >= 15 is 0 Å². The van der Waals surface area contributed by atoms with Crippen LogP contribution in [0.5, 0.6) is 0 Å². The molecule has 1 aliphatic heterocycles. The number of quaternary nitrogens is 1. The molecule has 4 heteroatoms. The molecule has 1 unspecified atom stereocenters. The van der Waals surface area contributed by atoms with Gasteiger partial charge in [0, 0.05) is 13.1 Å². The molecule has 0 bridgehead atoms. The summed E-state index contributed by atoms with van der Waals surface area (Å²) < 4.78 is 5.66. The van der Waals surface area contributed by atoms with Crippen molar-refractivity contribution in [1.82, 2.24) is 4.90 Å². The molecule has 1 aliphatic rings. The lowest BCUT2D eigenvalue weighted by Crippen LogP contribution is -3.12. The molecule has 1 aromatic rings. The third-order valence-electron chi connectivity index (χ3n) is 4.26. The van der Waals surface area contributed by atoms with Crippen LogP contribution in [0.3, 0.4) is 0 Å². The maximum Gasteiger partial charge on any atom is 0.231 e. The zero-order valence-electron chi connectivity index (χ0n) is 12.9. The molecule has 20 heavy (non-hydrogen) atoms. The predicted molar refractivity (Wildman–Crippen MR) is 78.5 cm³/mol. The molecule has 1 saturated heterocycles. The van der Waals surface area contributed by atoms with E-state index in [-0.39, 0.29) is 5.92 Å². The molecular weight excluding hydrogens is 252 g/mol. The smallest absolute Gasteiger partial charge is 0.231 e. The zero-order chi connectivity index (χ0) is 14.5. The minimum Gasteiger partial charge on any atom is -0.460 e. The van der Waals surface area contributed by atoms with Gasteiger partial charge in [-0.2, -0.15) is 0 Å². The Bertz CT molecular complexity index is 437. The summed E-state index contributed by atoms with van der Waals surface area (Å²) in [5.74, 6) is 2.53. The number of amides is 1. The largest absolute Gasteiger partial charge is 0.460 e. The highest BCUT2D eigenvalue weighted by atomic mass is 16.3. The predicted octanol–water partition coefficient (Wildman–Crippen LogP) is 1.25. The molecule has 0 radical (unpaired) electrons. The van der Waals surface area contributed by atoms with Crippen molar-refractivity contribution in [2.24, 2.45) is 5.92 Å². The molecule has 0 spiro atoms. The van der Waals surface area contributed by atoms with Crippen LogP contribution in [-0.2, 0) is 11.3 Å². The first-order chi connectivity index (χ1) is 9.63. The summed E-state index contributed by atoms with van der Waals surface area (Å²) in [4.78, 5) is 15.9. The van der Waals surface area contributed by atoms with Crippen LogP contribution in [0.2, 0.25) is 0 Å². The molecule has 2 atom stereocenters. The van der Waals surface area contributed by atoms with Gasteiger partial charge in [-0.05, 0) is 45.7 Å². The average Bonchev–Trinajstić information content (AvgIpc) is 2.85. The van der Waals surface area contributed by atoms with Crippen molar-refractivity contribution < 1.29 is 14.1 Å². The molecule has 2 rings (SSSR count). The first-order valence-corrected chi connectivity index (χ1v) is 7.81. The van der Waals surface area contributed by atoms with E-state index in [4.69, 9.17) is 4.42 Å². The minimum atomic E-state index is 0.190. The Morgan fingerprint density at radius 2 is 2.15 bits per heavy atom. The quantitative estimate of drug-likeness (QED) is 0.881. The van der Waals surface area contributed by atoms with Crippen molar-refractivity contribution in [2.75, 3.05) is 26.2 Å². The van der Waals surface area contributed by atoms with Gasteiger partial charge in [-0.25, -0.2) is 0 Å². The highest BCUT2D eigenvalue weighted by Crippen LogP contribution is 2.12. The Morgan fingerprint density at radius 1 is 1.40 bits per heavy atom. The lowest BCUT2D eigenvalue weighted by Gasteiger charge is -2.31. The van der Waals surface area contributed by atoms with Crippen LogP contribution in [0.25, 0.3) is 0 Å². The van der Waals surface area contributed by atoms with E-state index in [9.17, 15) is 4.79 Å². The van der Waals surface area contributed by atoms with Gasteiger partial charge < -0.3 is 14.2 Å². The number of hydrogen-bond acceptors (Lipinski definition) is 2. The average molecular weight is 279 g/mol. The molecule has 1 amide bonds. The van der Waals surface area contributed by atoms with Crippen molar-refractivity contribution in [2.45, 2.75) is 40.2 Å². The highest BCUT2D eigenvalue weighted by Gasteiger charge is 2.31. The van der Waals surface area contributed by atoms with Crippen LogP contribution in [0.1, 0.15) is 38.2 Å². The Labute approximate surface area is 121 Å². The number of nitrogens with one attached hydrogen (secondary N) is 1. The lowest BCUT2D eigenvalue weighted by molar-refractivity contribution is -0.922. The van der Waals surface area contributed by atoms with E-state index < -0.39 is 0 Å². The van der Waals surface area contributed by atoms with Crippen molar-refractivity contribution in [3.63, 3.8) is 0 Å². The van der Waals surface area contributed by atoms with Gasteiger partial charge in [0.2, 0.25) is 5.91 Å². The van der Waals surface area contributed by atoms with Crippen LogP contribution in [0, 0.1) is 12.8 Å². The molecule has 0 saturated carbocycles. The molecule has 112 valence electrons. The van der Waals surface area contributed by atoms with Crippen LogP contribution >= 0.6 is 0 Å². The highest BCUT2D eigenvalue weighted by molar-refractivity contribution is 5.78. The third kappa shape index (κ3) is 3.63. The normalized spacial score (nSPS) is 22.8. The number of nitrogens with zero attached hydrogens (tertiary/aromatic N) is 1. The Hall–Kier alpha value is -1.29. The standard InChI is InChI=1S/C16H26N2O2/c1-4-18(5-2)16(19)14-7-6-10-17(11-14)12-15-9-8-13(3)20-15/h8-9,14H,4-7,10-12H2,1-3H3/p+1/t14-/m1/s1. The fourth-order valence-corrected chi connectivity index (χ4v) is 3.14. The van der Waals surface area contributed by atoms with Crippen molar-refractivity contribution in [3.05, 3.63) is 23.7 Å². The lowest BCUT2D eigenvalue weighted by atomic mass is 9.96. The molecule has 1 fully saturated rings. The molecule has 1 aromatic heterocycles. The maximum absolute atomic E-state index is 12.5. The maximum atomic E-state index is 12.5. The number of rotatable bonds is 5. The van der Waals surface area contributed by atoms with E-state index in [0.717, 1.165) is 57.1 Å². The summed E-state index contributed by atoms with van der Waals surface area (Å²) in [5.41, 5.74) is 0. The second kappa shape index (κ2) is 6.93. The van der Waals surface area contributed by atoms with Crippen molar-refractivity contribution >= 4 is 5.91 Å². The van der Waals surface area contributed by atoms with Crippen LogP contribution in [0.15, 0.2) is 16.5 Å². The molecule has 4 nitrogen and oxygen atoms in total. The van der Waals surface area contributed by atoms with E-state index in [1.807, 2.05) is 17.9 Å². The van der Waals surface area contributed by atoms with Gasteiger partial charge in [-0.1, -0.05) is 0 Å². The summed E-state index contributed by atoms with van der Waals surface area (Å²) in [6.45, 7) is 10.7. The van der Waals surface area contributed by atoms with Crippen molar-refractivity contribution in [3.8, 4) is 0 Å². The second-order valence-corrected chi connectivity index (χ2v) is 5.74. The first kappa shape index (κ1) is 15.1. The number of hydrogen-bond donors (Lipinski definition) is 1. The van der Waals surface area contributed by atoms with Gasteiger partial charge in [0.1, 0.15) is 12.3 Å². The first-order valence-electron chi connectivity index (χ1n) is 7.81. The third-order valence-corrected chi connectivity index (χ3v) is 4.26. The monoisotopic (exact) mass is 279 g/mol. The van der Waals surface area contributed by atoms with E-state index in [2.05, 4.69) is 19.9 Å². The summed E-state index contributed by atoms with van der Waals surface area (Å²) >= 11 is 0. The summed E-state index contributed by atoms with van der Waals surface area (Å²) in [6.07, 6.45) is 2.17. The Balaban J connectivity index is 1.92. The number of furan rings is 1. The SMILES string of the molecule is CCN(CC)C(=O)[C@@H]1CCC[NH+](Cc2ccc(C)o2)C1. The fraction of sp³-hybridized carbons (Fsp3) is 0.688. The van der Waals surface area contributed by atoms with Crippen LogP contribution in [-0.4, -0.2) is 37.0 Å². The van der Waals surface area contributed by atoms with Crippen LogP contribution in [0.4, 0.5) is 0 Å². The molecule has 0 aliphatic carbocycles. The molecule has 0 aromatic carbocycles. The Morgan fingerprint density at radius 3 is 2.75 bits per heavy atom.